The molecule has 2 N–H and O–H groups in total. The maximum atomic E-state index is 5.48. The van der Waals surface area contributed by atoms with Gasteiger partial charge in [0.05, 0.1) is 0 Å². The van der Waals surface area contributed by atoms with Gasteiger partial charge in [-0.1, -0.05) is 12.1 Å². The van der Waals surface area contributed by atoms with Crippen molar-refractivity contribution in [1.82, 2.24) is 0 Å². The van der Waals surface area contributed by atoms with E-state index in [1.807, 2.05) is 12.1 Å². The predicted molar refractivity (Wildman–Crippen MR) is 44.4 cm³/mol. The van der Waals surface area contributed by atoms with E-state index in [1.165, 1.54) is 0 Å². The zero-order valence-corrected chi connectivity index (χ0v) is 6.29. The van der Waals surface area contributed by atoms with Gasteiger partial charge in [-0.25, -0.2) is 0 Å². The molecule has 1 aromatic carbocycles. The Kier molecular flexibility index (Phi) is 2.93. The number of benzene rings is 1. The van der Waals surface area contributed by atoms with Gasteiger partial charge in [0.1, 0.15) is 12.4 Å². The van der Waals surface area contributed by atoms with Crippen molar-refractivity contribution in [3.63, 3.8) is 0 Å². The second-order valence-corrected chi connectivity index (χ2v) is 2.21. The predicted octanol–water partition coefficient (Wildman–Crippen LogP) is 1.08. The Bertz CT molecular complexity index is 205. The highest BCUT2D eigenvalue weighted by Crippen LogP contribution is 2.10. The molecule has 2 radical (unpaired) electrons. The van der Waals surface area contributed by atoms with Crippen molar-refractivity contribution in [3.05, 3.63) is 36.8 Å². The lowest BCUT2D eigenvalue weighted by Gasteiger charge is -2.03. The molecule has 0 saturated heterocycles. The van der Waals surface area contributed by atoms with E-state index in [-0.39, 0.29) is 0 Å². The van der Waals surface area contributed by atoms with Gasteiger partial charge in [0.25, 0.3) is 0 Å². The van der Waals surface area contributed by atoms with Gasteiger partial charge in [0, 0.05) is 6.54 Å². The monoisotopic (exact) mass is 149 g/mol. The highest BCUT2D eigenvalue weighted by molar-refractivity contribution is 5.28. The van der Waals surface area contributed by atoms with Crippen LogP contribution in [0, 0.1) is 6.92 Å². The summed E-state index contributed by atoms with van der Waals surface area (Å²) in [6.07, 6.45) is 0. The summed E-state index contributed by atoms with van der Waals surface area (Å²) in [6.45, 7) is 6.55. The summed E-state index contributed by atoms with van der Waals surface area (Å²) in [5.74, 6) is 0.810. The first kappa shape index (κ1) is 8.08. The summed E-state index contributed by atoms with van der Waals surface area (Å²) in [7, 11) is 0. The van der Waals surface area contributed by atoms with Crippen molar-refractivity contribution < 1.29 is 4.74 Å². The van der Waals surface area contributed by atoms with Crippen LogP contribution in [0.5, 0.6) is 5.75 Å². The molecule has 0 unspecified atom stereocenters. The zero-order valence-electron chi connectivity index (χ0n) is 6.29. The lowest BCUT2D eigenvalue weighted by molar-refractivity contribution is 0.328. The van der Waals surface area contributed by atoms with Crippen LogP contribution in [0.3, 0.4) is 0 Å². The van der Waals surface area contributed by atoms with Crippen molar-refractivity contribution in [3.8, 4) is 5.75 Å². The lowest BCUT2D eigenvalue weighted by atomic mass is 10.2. The van der Waals surface area contributed by atoms with E-state index < -0.39 is 0 Å². The lowest BCUT2D eigenvalue weighted by Crippen LogP contribution is -2.10. The molecular weight excluding hydrogens is 138 g/mol. The average molecular weight is 149 g/mol. The molecule has 2 heteroatoms. The molecule has 0 spiro atoms. The molecule has 0 heterocycles. The van der Waals surface area contributed by atoms with Crippen LogP contribution in [0.1, 0.15) is 5.56 Å². The van der Waals surface area contributed by atoms with E-state index in [0.717, 1.165) is 11.3 Å². The van der Waals surface area contributed by atoms with Gasteiger partial charge in [0.2, 0.25) is 0 Å². The fourth-order valence-electron chi connectivity index (χ4n) is 0.741. The molecule has 0 aromatic heterocycles. The van der Waals surface area contributed by atoms with Crippen LogP contribution in [0.15, 0.2) is 24.3 Å². The second kappa shape index (κ2) is 3.98. The molecule has 2 nitrogen and oxygen atoms in total. The third-order valence-corrected chi connectivity index (χ3v) is 1.27. The van der Waals surface area contributed by atoms with Crippen LogP contribution in [0.25, 0.3) is 0 Å². The van der Waals surface area contributed by atoms with Gasteiger partial charge in [0.15, 0.2) is 0 Å². The molecule has 1 rings (SSSR count). The molecule has 0 amide bonds. The van der Waals surface area contributed by atoms with E-state index in [0.29, 0.717) is 13.2 Å². The largest absolute Gasteiger partial charge is 0.492 e. The van der Waals surface area contributed by atoms with Crippen LogP contribution in [0.2, 0.25) is 0 Å². The number of hydrogen-bond acceptors (Lipinski definition) is 2. The normalized spacial score (nSPS) is 9.64. The molecular formula is C9H11NO. The molecule has 0 bridgehead atoms. The molecule has 0 aliphatic carbocycles. The van der Waals surface area contributed by atoms with Crippen LogP contribution in [-0.4, -0.2) is 13.2 Å². The van der Waals surface area contributed by atoms with Gasteiger partial charge in [-0.3, -0.25) is 0 Å². The highest BCUT2D eigenvalue weighted by Gasteiger charge is 1.89. The fourth-order valence-corrected chi connectivity index (χ4v) is 0.741. The van der Waals surface area contributed by atoms with Gasteiger partial charge in [-0.2, -0.15) is 0 Å². The first-order chi connectivity index (χ1) is 5.33. The quantitative estimate of drug-likeness (QED) is 0.698. The third kappa shape index (κ3) is 2.60. The molecule has 1 aromatic rings. The van der Waals surface area contributed by atoms with E-state index in [2.05, 4.69) is 0 Å². The Morgan fingerprint density at radius 3 is 2.45 bits per heavy atom. The zero-order chi connectivity index (χ0) is 8.10. The Hall–Kier alpha value is -1.02. The Morgan fingerprint density at radius 2 is 1.91 bits per heavy atom. The highest BCUT2D eigenvalue weighted by atomic mass is 16.5. The van der Waals surface area contributed by atoms with Crippen LogP contribution >= 0.6 is 0 Å². The fraction of sp³-hybridized carbons (Fsp3) is 0.222. The molecule has 0 aliphatic rings. The maximum absolute atomic E-state index is 5.48. The molecule has 58 valence electrons. The van der Waals surface area contributed by atoms with Crippen LogP contribution in [0.4, 0.5) is 0 Å². The number of rotatable bonds is 3. The van der Waals surface area contributed by atoms with Gasteiger partial charge in [-0.15, -0.1) is 0 Å². The summed E-state index contributed by atoms with van der Waals surface area (Å²) in [5.41, 5.74) is 6.00. The minimum atomic E-state index is 0.532. The molecule has 0 aliphatic heterocycles. The molecule has 0 fully saturated rings. The average Bonchev–Trinajstić information content (AvgIpc) is 2.04. The van der Waals surface area contributed by atoms with Gasteiger partial charge in [-0.05, 0) is 24.6 Å². The standard InChI is InChI=1S/C9H11NO/c1-8-2-4-9(5-3-8)11-7-6-10/h1-5H,6-7,10H2. The van der Waals surface area contributed by atoms with Crippen molar-refractivity contribution in [2.75, 3.05) is 13.2 Å². The van der Waals surface area contributed by atoms with E-state index in [1.54, 1.807) is 12.1 Å². The smallest absolute Gasteiger partial charge is 0.119 e. The van der Waals surface area contributed by atoms with Crippen LogP contribution < -0.4 is 10.5 Å². The minimum absolute atomic E-state index is 0.532. The van der Waals surface area contributed by atoms with Crippen molar-refractivity contribution in [1.29, 1.82) is 0 Å². The van der Waals surface area contributed by atoms with Gasteiger partial charge >= 0.3 is 0 Å². The van der Waals surface area contributed by atoms with E-state index in [9.17, 15) is 0 Å². The number of nitrogens with two attached hydrogens (primary N) is 1. The van der Waals surface area contributed by atoms with Gasteiger partial charge < -0.3 is 10.5 Å². The van der Waals surface area contributed by atoms with E-state index >= 15 is 0 Å². The third-order valence-electron chi connectivity index (χ3n) is 1.27. The SMILES string of the molecule is [CH]c1ccc(OCCN)cc1. The minimum Gasteiger partial charge on any atom is -0.492 e. The summed E-state index contributed by atoms with van der Waals surface area (Å²) in [6, 6.07) is 7.24. The Morgan fingerprint density at radius 1 is 1.27 bits per heavy atom. The Balaban J connectivity index is 2.52. The van der Waals surface area contributed by atoms with Crippen LogP contribution in [-0.2, 0) is 0 Å². The molecule has 0 saturated carbocycles. The van der Waals surface area contributed by atoms with Crippen molar-refractivity contribution in [2.45, 2.75) is 0 Å². The second-order valence-electron chi connectivity index (χ2n) is 2.21. The molecule has 11 heavy (non-hydrogen) atoms. The first-order valence-electron chi connectivity index (χ1n) is 3.51. The summed E-state index contributed by atoms with van der Waals surface area (Å²) in [5, 5.41) is 0. The maximum Gasteiger partial charge on any atom is 0.119 e. The number of ether oxygens (including phenoxy) is 1. The first-order valence-corrected chi connectivity index (χ1v) is 3.51. The van der Waals surface area contributed by atoms with Crippen molar-refractivity contribution in [2.24, 2.45) is 5.73 Å². The summed E-state index contributed by atoms with van der Waals surface area (Å²) in [4.78, 5) is 0. The van der Waals surface area contributed by atoms with Crippen molar-refractivity contribution >= 4 is 0 Å². The Labute approximate surface area is 67.0 Å². The summed E-state index contributed by atoms with van der Waals surface area (Å²) >= 11 is 0. The summed E-state index contributed by atoms with van der Waals surface area (Å²) < 4.78 is 5.23. The molecule has 0 atom stereocenters. The topological polar surface area (TPSA) is 35.2 Å². The number of hydrogen-bond donors (Lipinski definition) is 1. The van der Waals surface area contributed by atoms with E-state index in [4.69, 9.17) is 17.4 Å².